The third kappa shape index (κ3) is 3.12. The molecule has 0 saturated heterocycles. The molecule has 6 nitrogen and oxygen atoms in total. The number of hydrogen-bond acceptors (Lipinski definition) is 4. The van der Waals surface area contributed by atoms with Gasteiger partial charge in [-0.05, 0) is 49.7 Å². The molecule has 0 radical (unpaired) electrons. The second kappa shape index (κ2) is 6.54. The number of fused-ring (bicyclic) bond motifs is 1. The van der Waals surface area contributed by atoms with Crippen LogP contribution in [0.3, 0.4) is 0 Å². The largest absolute Gasteiger partial charge is 0.462 e. The Balaban J connectivity index is 1.79. The van der Waals surface area contributed by atoms with Gasteiger partial charge >= 0.3 is 12.0 Å². The molecule has 0 spiro atoms. The third-order valence-corrected chi connectivity index (χ3v) is 3.57. The van der Waals surface area contributed by atoms with Crippen molar-refractivity contribution in [3.63, 3.8) is 0 Å². The van der Waals surface area contributed by atoms with Crippen molar-refractivity contribution in [1.29, 1.82) is 0 Å². The van der Waals surface area contributed by atoms with Gasteiger partial charge in [0.2, 0.25) is 0 Å². The number of aromatic nitrogens is 2. The second-order valence-corrected chi connectivity index (χ2v) is 5.35. The number of aryl methyl sites for hydroxylation is 1. The molecule has 3 aromatic rings. The molecule has 6 heteroatoms. The minimum absolute atomic E-state index is 0.323. The van der Waals surface area contributed by atoms with Gasteiger partial charge in [-0.1, -0.05) is 12.1 Å². The zero-order chi connectivity index (χ0) is 17.1. The van der Waals surface area contributed by atoms with Crippen LogP contribution in [0.4, 0.5) is 10.5 Å². The maximum Gasteiger partial charge on any atom is 0.347 e. The molecular weight excluding hydrogens is 306 g/mol. The van der Waals surface area contributed by atoms with Crippen LogP contribution >= 0.6 is 0 Å². The Labute approximate surface area is 139 Å². The summed E-state index contributed by atoms with van der Waals surface area (Å²) < 4.78 is 6.25. The van der Waals surface area contributed by atoms with Gasteiger partial charge in [-0.3, -0.25) is 0 Å². The van der Waals surface area contributed by atoms with E-state index in [1.807, 2.05) is 25.1 Å². The maximum absolute atomic E-state index is 12.4. The Kier molecular flexibility index (Phi) is 4.29. The van der Waals surface area contributed by atoms with Crippen LogP contribution in [0.5, 0.6) is 0 Å². The van der Waals surface area contributed by atoms with E-state index in [1.165, 1.54) is 4.68 Å². The number of anilines is 1. The second-order valence-electron chi connectivity index (χ2n) is 5.35. The first kappa shape index (κ1) is 15.7. The molecule has 0 bridgehead atoms. The molecule has 1 N–H and O–H groups in total. The van der Waals surface area contributed by atoms with E-state index in [4.69, 9.17) is 4.74 Å². The molecule has 0 aliphatic heterocycles. The molecule has 122 valence electrons. The number of ether oxygens (including phenoxy) is 1. The summed E-state index contributed by atoms with van der Waals surface area (Å²) in [4.78, 5) is 24.0. The van der Waals surface area contributed by atoms with E-state index in [0.717, 1.165) is 16.5 Å². The predicted octanol–water partition coefficient (Wildman–Crippen LogP) is 3.60. The number of esters is 1. The van der Waals surface area contributed by atoms with Crippen LogP contribution in [0.15, 0.2) is 48.7 Å². The van der Waals surface area contributed by atoms with Crippen molar-refractivity contribution < 1.29 is 14.3 Å². The van der Waals surface area contributed by atoms with Gasteiger partial charge in [0.05, 0.1) is 23.9 Å². The lowest BCUT2D eigenvalue weighted by Gasteiger charge is -2.07. The number of nitrogens with one attached hydrogen (secondary N) is 1. The summed E-state index contributed by atoms with van der Waals surface area (Å²) in [6, 6.07) is 12.0. The van der Waals surface area contributed by atoms with E-state index in [9.17, 15) is 9.59 Å². The van der Waals surface area contributed by atoms with Crippen LogP contribution in [-0.4, -0.2) is 28.4 Å². The average molecular weight is 323 g/mol. The number of benzene rings is 2. The van der Waals surface area contributed by atoms with Crippen molar-refractivity contribution in [2.45, 2.75) is 13.8 Å². The third-order valence-electron chi connectivity index (χ3n) is 3.57. The van der Waals surface area contributed by atoms with E-state index in [-0.39, 0.29) is 12.0 Å². The first-order valence-electron chi connectivity index (χ1n) is 7.61. The summed E-state index contributed by atoms with van der Waals surface area (Å²) >= 11 is 0. The van der Waals surface area contributed by atoms with Gasteiger partial charge in [-0.25, -0.2) is 9.59 Å². The van der Waals surface area contributed by atoms with Gasteiger partial charge in [-0.15, -0.1) is 0 Å². The van der Waals surface area contributed by atoms with Crippen molar-refractivity contribution in [3.8, 4) is 0 Å². The van der Waals surface area contributed by atoms with E-state index in [2.05, 4.69) is 10.4 Å². The molecule has 0 saturated carbocycles. The fourth-order valence-electron chi connectivity index (χ4n) is 2.37. The van der Waals surface area contributed by atoms with Crippen LogP contribution in [0.1, 0.15) is 22.8 Å². The van der Waals surface area contributed by atoms with Crippen LogP contribution < -0.4 is 5.32 Å². The molecule has 24 heavy (non-hydrogen) atoms. The molecular formula is C18H17N3O3. The van der Waals surface area contributed by atoms with Gasteiger partial charge in [0, 0.05) is 11.1 Å². The predicted molar refractivity (Wildman–Crippen MR) is 91.3 cm³/mol. The molecule has 2 aromatic carbocycles. The topological polar surface area (TPSA) is 73.2 Å². The molecule has 0 atom stereocenters. The number of nitrogens with zero attached hydrogens (tertiary/aromatic N) is 2. The van der Waals surface area contributed by atoms with E-state index in [0.29, 0.717) is 17.9 Å². The fourth-order valence-corrected chi connectivity index (χ4v) is 2.37. The van der Waals surface area contributed by atoms with Gasteiger partial charge in [-0.2, -0.15) is 9.78 Å². The Hall–Kier alpha value is -3.15. The van der Waals surface area contributed by atoms with Crippen LogP contribution in [0, 0.1) is 6.92 Å². The minimum atomic E-state index is -0.385. The maximum atomic E-state index is 12.4. The van der Waals surface area contributed by atoms with Crippen molar-refractivity contribution in [3.05, 3.63) is 59.8 Å². The van der Waals surface area contributed by atoms with Crippen molar-refractivity contribution in [1.82, 2.24) is 9.78 Å². The summed E-state index contributed by atoms with van der Waals surface area (Å²) in [6.45, 7) is 4.04. The van der Waals surface area contributed by atoms with Gasteiger partial charge in [0.25, 0.3) is 0 Å². The van der Waals surface area contributed by atoms with Crippen molar-refractivity contribution in [2.24, 2.45) is 0 Å². The molecule has 1 aromatic heterocycles. The van der Waals surface area contributed by atoms with Crippen molar-refractivity contribution in [2.75, 3.05) is 11.9 Å². The van der Waals surface area contributed by atoms with E-state index >= 15 is 0 Å². The standard InChI is InChI=1S/C18H17N3O3/c1-3-24-17(22)13-6-8-15(9-7-13)20-18(23)21-16-10-12(2)4-5-14(16)11-19-21/h4-11H,3H2,1-2H3,(H,20,23). The highest BCUT2D eigenvalue weighted by atomic mass is 16.5. The molecule has 3 rings (SSSR count). The molecule has 0 aliphatic rings. The smallest absolute Gasteiger partial charge is 0.347 e. The molecule has 0 aliphatic carbocycles. The number of carbonyl (C=O) groups excluding carboxylic acids is 2. The van der Waals surface area contributed by atoms with E-state index < -0.39 is 0 Å². The van der Waals surface area contributed by atoms with Gasteiger partial charge in [0.15, 0.2) is 0 Å². The Morgan fingerprint density at radius 2 is 1.92 bits per heavy atom. The van der Waals surface area contributed by atoms with Gasteiger partial charge in [0.1, 0.15) is 0 Å². The number of amides is 1. The average Bonchev–Trinajstić information content (AvgIpc) is 2.98. The molecule has 1 heterocycles. The Morgan fingerprint density at radius 3 is 2.62 bits per heavy atom. The Bertz CT molecular complexity index is 898. The molecule has 1 amide bonds. The summed E-state index contributed by atoms with van der Waals surface area (Å²) in [5.41, 5.74) is 2.81. The summed E-state index contributed by atoms with van der Waals surface area (Å²) in [7, 11) is 0. The zero-order valence-corrected chi connectivity index (χ0v) is 13.4. The van der Waals surface area contributed by atoms with Gasteiger partial charge < -0.3 is 10.1 Å². The normalized spacial score (nSPS) is 10.6. The highest BCUT2D eigenvalue weighted by Gasteiger charge is 2.12. The summed E-state index contributed by atoms with van der Waals surface area (Å²) in [5.74, 6) is -0.385. The van der Waals surface area contributed by atoms with Crippen molar-refractivity contribution >= 4 is 28.6 Å². The molecule has 0 unspecified atom stereocenters. The van der Waals surface area contributed by atoms with Crippen LogP contribution in [0.25, 0.3) is 10.9 Å². The lowest BCUT2D eigenvalue weighted by atomic mass is 10.2. The van der Waals surface area contributed by atoms with E-state index in [1.54, 1.807) is 37.4 Å². The first-order chi connectivity index (χ1) is 11.6. The lowest BCUT2D eigenvalue weighted by Crippen LogP contribution is -2.20. The minimum Gasteiger partial charge on any atom is -0.462 e. The molecule has 0 fully saturated rings. The summed E-state index contributed by atoms with van der Waals surface area (Å²) in [6.07, 6.45) is 1.65. The SMILES string of the molecule is CCOC(=O)c1ccc(NC(=O)n2ncc3ccc(C)cc32)cc1. The summed E-state index contributed by atoms with van der Waals surface area (Å²) in [5, 5.41) is 7.79. The number of hydrogen-bond donors (Lipinski definition) is 1. The Morgan fingerprint density at radius 1 is 1.17 bits per heavy atom. The first-order valence-corrected chi connectivity index (χ1v) is 7.61. The van der Waals surface area contributed by atoms with Crippen LogP contribution in [-0.2, 0) is 4.74 Å². The lowest BCUT2D eigenvalue weighted by molar-refractivity contribution is 0.0526. The fraction of sp³-hybridized carbons (Fsp3) is 0.167. The highest BCUT2D eigenvalue weighted by Crippen LogP contribution is 2.17. The number of carbonyl (C=O) groups is 2. The monoisotopic (exact) mass is 323 g/mol. The highest BCUT2D eigenvalue weighted by molar-refractivity contribution is 5.97. The quantitative estimate of drug-likeness (QED) is 0.747. The van der Waals surface area contributed by atoms with Crippen LogP contribution in [0.2, 0.25) is 0 Å². The number of rotatable bonds is 3. The zero-order valence-electron chi connectivity index (χ0n) is 13.4.